The van der Waals surface area contributed by atoms with Gasteiger partial charge < -0.3 is 4.18 Å². The second kappa shape index (κ2) is 5.92. The zero-order chi connectivity index (χ0) is 16.4. The van der Waals surface area contributed by atoms with Gasteiger partial charge in [-0.1, -0.05) is 41.9 Å². The Morgan fingerprint density at radius 2 is 1.70 bits per heavy atom. The second-order valence-corrected chi connectivity index (χ2v) is 6.76. The van der Waals surface area contributed by atoms with Gasteiger partial charge >= 0.3 is 10.1 Å². The standard InChI is InChI=1S/C17H10ClNO3S/c18-16-9-12(11-19)5-8-17(16)22-23(20,21)15-7-6-13-3-1-2-4-14(13)10-15/h1-10H. The van der Waals surface area contributed by atoms with Crippen LogP contribution in [0, 0.1) is 11.3 Å². The molecule has 0 heterocycles. The van der Waals surface area contributed by atoms with Gasteiger partial charge in [0.05, 0.1) is 16.7 Å². The van der Waals surface area contributed by atoms with E-state index in [0.29, 0.717) is 5.56 Å². The first-order valence-electron chi connectivity index (χ1n) is 6.62. The zero-order valence-electron chi connectivity index (χ0n) is 11.7. The molecule has 0 aliphatic rings. The molecule has 114 valence electrons. The number of fused-ring (bicyclic) bond motifs is 1. The van der Waals surface area contributed by atoms with E-state index in [1.807, 2.05) is 30.3 Å². The first kappa shape index (κ1) is 15.3. The van der Waals surface area contributed by atoms with Gasteiger partial charge in [0, 0.05) is 0 Å². The molecule has 0 fully saturated rings. The number of nitrogens with zero attached hydrogens (tertiary/aromatic N) is 1. The lowest BCUT2D eigenvalue weighted by molar-refractivity contribution is 0.486. The smallest absolute Gasteiger partial charge is 0.339 e. The molecule has 0 unspecified atom stereocenters. The first-order valence-corrected chi connectivity index (χ1v) is 8.41. The Kier molecular flexibility index (Phi) is 3.95. The van der Waals surface area contributed by atoms with E-state index in [4.69, 9.17) is 21.0 Å². The average Bonchev–Trinajstić information content (AvgIpc) is 2.56. The molecule has 3 aromatic rings. The summed E-state index contributed by atoms with van der Waals surface area (Å²) < 4.78 is 29.9. The average molecular weight is 344 g/mol. The lowest BCUT2D eigenvalue weighted by Crippen LogP contribution is -2.10. The Bertz CT molecular complexity index is 1040. The molecule has 0 saturated heterocycles. The third kappa shape index (κ3) is 3.14. The summed E-state index contributed by atoms with van der Waals surface area (Å²) in [6.45, 7) is 0. The minimum absolute atomic E-state index is 0.0150. The summed E-state index contributed by atoms with van der Waals surface area (Å²) in [4.78, 5) is 0.0385. The molecule has 0 atom stereocenters. The molecule has 23 heavy (non-hydrogen) atoms. The van der Waals surface area contributed by atoms with E-state index >= 15 is 0 Å². The minimum Gasteiger partial charge on any atom is -0.377 e. The summed E-state index contributed by atoms with van der Waals surface area (Å²) in [7, 11) is -4.01. The van der Waals surface area contributed by atoms with Crippen LogP contribution in [-0.2, 0) is 10.1 Å². The highest BCUT2D eigenvalue weighted by Crippen LogP contribution is 2.29. The molecule has 0 aromatic heterocycles. The van der Waals surface area contributed by atoms with Crippen molar-refractivity contribution in [2.24, 2.45) is 0 Å². The fourth-order valence-corrected chi connectivity index (χ4v) is 3.38. The maximum absolute atomic E-state index is 12.4. The largest absolute Gasteiger partial charge is 0.377 e. The third-order valence-corrected chi connectivity index (χ3v) is 4.80. The quantitative estimate of drug-likeness (QED) is 0.670. The van der Waals surface area contributed by atoms with Crippen molar-refractivity contribution in [1.82, 2.24) is 0 Å². The summed E-state index contributed by atoms with van der Waals surface area (Å²) in [5.74, 6) is -0.0150. The number of hydrogen-bond donors (Lipinski definition) is 0. The van der Waals surface area contributed by atoms with Crippen molar-refractivity contribution < 1.29 is 12.6 Å². The number of nitriles is 1. The predicted molar refractivity (Wildman–Crippen MR) is 87.9 cm³/mol. The monoisotopic (exact) mass is 343 g/mol. The van der Waals surface area contributed by atoms with E-state index in [0.717, 1.165) is 10.8 Å². The maximum atomic E-state index is 12.4. The summed E-state index contributed by atoms with van der Waals surface area (Å²) in [6, 6.07) is 18.2. The molecule has 0 radical (unpaired) electrons. The summed E-state index contributed by atoms with van der Waals surface area (Å²) in [5.41, 5.74) is 0.324. The van der Waals surface area contributed by atoms with Crippen LogP contribution in [0.25, 0.3) is 10.8 Å². The van der Waals surface area contributed by atoms with Crippen LogP contribution >= 0.6 is 11.6 Å². The third-order valence-electron chi connectivity index (χ3n) is 3.27. The zero-order valence-corrected chi connectivity index (χ0v) is 13.3. The minimum atomic E-state index is -4.01. The molecule has 0 amide bonds. The number of benzene rings is 3. The number of hydrogen-bond acceptors (Lipinski definition) is 4. The molecule has 0 aliphatic heterocycles. The van der Waals surface area contributed by atoms with Crippen LogP contribution in [0.1, 0.15) is 5.56 Å². The van der Waals surface area contributed by atoms with Crippen molar-refractivity contribution in [2.45, 2.75) is 4.90 Å². The van der Waals surface area contributed by atoms with Gasteiger partial charge in [-0.05, 0) is 41.1 Å². The van der Waals surface area contributed by atoms with E-state index < -0.39 is 10.1 Å². The van der Waals surface area contributed by atoms with Crippen LogP contribution in [0.5, 0.6) is 5.75 Å². The lowest BCUT2D eigenvalue weighted by atomic mass is 10.1. The molecular formula is C17H10ClNO3S. The molecule has 6 heteroatoms. The van der Waals surface area contributed by atoms with Gasteiger partial charge in [0.2, 0.25) is 0 Å². The van der Waals surface area contributed by atoms with Crippen molar-refractivity contribution in [3.63, 3.8) is 0 Å². The SMILES string of the molecule is N#Cc1ccc(OS(=O)(=O)c2ccc3ccccc3c2)c(Cl)c1. The molecular weight excluding hydrogens is 334 g/mol. The molecule has 3 rings (SSSR count). The van der Waals surface area contributed by atoms with E-state index in [9.17, 15) is 8.42 Å². The second-order valence-electron chi connectivity index (χ2n) is 4.80. The Labute approximate surface area is 138 Å². The van der Waals surface area contributed by atoms with Crippen molar-refractivity contribution in [3.05, 3.63) is 71.2 Å². The van der Waals surface area contributed by atoms with E-state index in [1.54, 1.807) is 12.1 Å². The summed E-state index contributed by atoms with van der Waals surface area (Å²) in [6.07, 6.45) is 0. The van der Waals surface area contributed by atoms with Crippen LogP contribution in [0.4, 0.5) is 0 Å². The Hall–Kier alpha value is -2.55. The van der Waals surface area contributed by atoms with Crippen molar-refractivity contribution >= 4 is 32.5 Å². The summed E-state index contributed by atoms with van der Waals surface area (Å²) in [5, 5.41) is 10.6. The Morgan fingerprint density at radius 3 is 2.39 bits per heavy atom. The van der Waals surface area contributed by atoms with Crippen LogP contribution in [-0.4, -0.2) is 8.42 Å². The van der Waals surface area contributed by atoms with Gasteiger partial charge in [0.15, 0.2) is 5.75 Å². The molecule has 0 aliphatic carbocycles. The number of halogens is 1. The van der Waals surface area contributed by atoms with Gasteiger partial charge in [-0.2, -0.15) is 13.7 Å². The van der Waals surface area contributed by atoms with Crippen LogP contribution < -0.4 is 4.18 Å². The van der Waals surface area contributed by atoms with Crippen LogP contribution in [0.2, 0.25) is 5.02 Å². The topological polar surface area (TPSA) is 67.2 Å². The molecule has 0 saturated carbocycles. The Balaban J connectivity index is 1.99. The highest BCUT2D eigenvalue weighted by Gasteiger charge is 2.19. The Morgan fingerprint density at radius 1 is 0.957 bits per heavy atom. The number of rotatable bonds is 3. The highest BCUT2D eigenvalue weighted by atomic mass is 35.5. The van der Waals surface area contributed by atoms with E-state index in [1.165, 1.54) is 24.3 Å². The first-order chi connectivity index (χ1) is 11.0. The van der Waals surface area contributed by atoms with Gasteiger partial charge in [-0.3, -0.25) is 0 Å². The van der Waals surface area contributed by atoms with Crippen molar-refractivity contribution in [3.8, 4) is 11.8 Å². The lowest BCUT2D eigenvalue weighted by Gasteiger charge is -2.09. The molecule has 4 nitrogen and oxygen atoms in total. The van der Waals surface area contributed by atoms with Crippen molar-refractivity contribution in [1.29, 1.82) is 5.26 Å². The predicted octanol–water partition coefficient (Wildman–Crippen LogP) is 4.13. The molecule has 0 N–H and O–H groups in total. The fourth-order valence-electron chi connectivity index (χ4n) is 2.13. The van der Waals surface area contributed by atoms with Gasteiger partial charge in [0.1, 0.15) is 4.90 Å². The fraction of sp³-hybridized carbons (Fsp3) is 0. The normalized spacial score (nSPS) is 11.1. The molecule has 0 spiro atoms. The van der Waals surface area contributed by atoms with Crippen LogP contribution in [0.15, 0.2) is 65.6 Å². The van der Waals surface area contributed by atoms with Crippen LogP contribution in [0.3, 0.4) is 0 Å². The molecule has 0 bridgehead atoms. The van der Waals surface area contributed by atoms with E-state index in [-0.39, 0.29) is 15.7 Å². The van der Waals surface area contributed by atoms with Gasteiger partial charge in [-0.15, -0.1) is 0 Å². The highest BCUT2D eigenvalue weighted by molar-refractivity contribution is 7.87. The van der Waals surface area contributed by atoms with Gasteiger partial charge in [0.25, 0.3) is 0 Å². The van der Waals surface area contributed by atoms with E-state index in [2.05, 4.69) is 0 Å². The summed E-state index contributed by atoms with van der Waals surface area (Å²) >= 11 is 5.96. The van der Waals surface area contributed by atoms with Gasteiger partial charge in [-0.25, -0.2) is 0 Å². The maximum Gasteiger partial charge on any atom is 0.339 e. The molecule has 3 aromatic carbocycles. The van der Waals surface area contributed by atoms with Crippen molar-refractivity contribution in [2.75, 3.05) is 0 Å².